The van der Waals surface area contributed by atoms with Gasteiger partial charge in [0.25, 0.3) is 5.91 Å². The zero-order valence-corrected chi connectivity index (χ0v) is 12.0. The SMILES string of the molecule is Cc1cc2ccccc2n1NC(=O)/C(=N/O)c1ccccc1. The van der Waals surface area contributed by atoms with E-state index < -0.39 is 5.91 Å². The van der Waals surface area contributed by atoms with Gasteiger partial charge in [-0.3, -0.25) is 14.9 Å². The molecule has 0 atom stereocenters. The summed E-state index contributed by atoms with van der Waals surface area (Å²) in [5, 5.41) is 13.3. The second-order valence-electron chi connectivity index (χ2n) is 4.94. The van der Waals surface area contributed by atoms with Crippen molar-refractivity contribution in [2.45, 2.75) is 6.92 Å². The molecule has 0 radical (unpaired) electrons. The molecule has 0 aliphatic carbocycles. The first-order chi connectivity index (χ1) is 10.7. The molecular formula is C17H15N3O2. The highest BCUT2D eigenvalue weighted by Crippen LogP contribution is 2.17. The summed E-state index contributed by atoms with van der Waals surface area (Å²) in [6, 6.07) is 18.6. The van der Waals surface area contributed by atoms with E-state index in [9.17, 15) is 10.0 Å². The fraction of sp³-hybridized carbons (Fsp3) is 0.0588. The fourth-order valence-electron chi connectivity index (χ4n) is 2.43. The summed E-state index contributed by atoms with van der Waals surface area (Å²) in [5.74, 6) is -0.474. The van der Waals surface area contributed by atoms with Crippen LogP contribution in [0.1, 0.15) is 11.3 Å². The lowest BCUT2D eigenvalue weighted by atomic mass is 10.1. The molecule has 22 heavy (non-hydrogen) atoms. The third kappa shape index (κ3) is 2.44. The average Bonchev–Trinajstić information content (AvgIpc) is 2.85. The van der Waals surface area contributed by atoms with Gasteiger partial charge in [0, 0.05) is 16.6 Å². The van der Waals surface area contributed by atoms with Crippen LogP contribution in [0.4, 0.5) is 0 Å². The minimum Gasteiger partial charge on any atom is -0.410 e. The van der Waals surface area contributed by atoms with Gasteiger partial charge < -0.3 is 5.21 Å². The number of nitrogens with one attached hydrogen (secondary N) is 1. The second kappa shape index (κ2) is 5.73. The van der Waals surface area contributed by atoms with E-state index in [1.54, 1.807) is 28.9 Å². The molecule has 1 amide bonds. The lowest BCUT2D eigenvalue weighted by Crippen LogP contribution is -2.31. The van der Waals surface area contributed by atoms with E-state index in [0.717, 1.165) is 16.6 Å². The summed E-state index contributed by atoms with van der Waals surface area (Å²) in [5.41, 5.74) is 5.07. The number of aryl methyl sites for hydroxylation is 1. The topological polar surface area (TPSA) is 66.6 Å². The molecule has 3 rings (SSSR count). The first kappa shape index (κ1) is 13.9. The number of hydrogen-bond donors (Lipinski definition) is 2. The fourth-order valence-corrected chi connectivity index (χ4v) is 2.43. The van der Waals surface area contributed by atoms with Gasteiger partial charge in [-0.25, -0.2) is 0 Å². The largest absolute Gasteiger partial charge is 0.410 e. The Morgan fingerprint density at radius 1 is 1.09 bits per heavy atom. The minimum atomic E-state index is -0.474. The number of para-hydroxylation sites is 1. The van der Waals surface area contributed by atoms with Gasteiger partial charge in [-0.2, -0.15) is 0 Å². The Kier molecular flexibility index (Phi) is 3.62. The van der Waals surface area contributed by atoms with Crippen LogP contribution in [-0.4, -0.2) is 21.5 Å². The average molecular weight is 293 g/mol. The summed E-state index contributed by atoms with van der Waals surface area (Å²) in [6.45, 7) is 1.90. The highest BCUT2D eigenvalue weighted by atomic mass is 16.4. The number of fused-ring (bicyclic) bond motifs is 1. The molecule has 110 valence electrons. The molecule has 0 aliphatic rings. The molecule has 5 nitrogen and oxygen atoms in total. The molecule has 2 aromatic carbocycles. The lowest BCUT2D eigenvalue weighted by Gasteiger charge is -2.11. The number of hydrogen-bond acceptors (Lipinski definition) is 3. The molecule has 0 unspecified atom stereocenters. The molecule has 3 aromatic rings. The van der Waals surface area contributed by atoms with Gasteiger partial charge in [0.05, 0.1) is 5.52 Å². The van der Waals surface area contributed by atoms with Crippen LogP contribution in [0.5, 0.6) is 0 Å². The van der Waals surface area contributed by atoms with Crippen molar-refractivity contribution in [3.8, 4) is 0 Å². The number of aromatic nitrogens is 1. The zero-order valence-electron chi connectivity index (χ0n) is 12.0. The maximum atomic E-state index is 12.4. The van der Waals surface area contributed by atoms with E-state index in [4.69, 9.17) is 0 Å². The molecule has 1 aromatic heterocycles. The van der Waals surface area contributed by atoms with E-state index in [1.165, 1.54) is 0 Å². The predicted molar refractivity (Wildman–Crippen MR) is 85.8 cm³/mol. The van der Waals surface area contributed by atoms with Gasteiger partial charge >= 0.3 is 0 Å². The molecule has 0 saturated carbocycles. The second-order valence-corrected chi connectivity index (χ2v) is 4.94. The van der Waals surface area contributed by atoms with Gasteiger partial charge in [0.15, 0.2) is 5.71 Å². The van der Waals surface area contributed by atoms with E-state index in [1.807, 2.05) is 43.3 Å². The Labute approximate surface area is 127 Å². The Morgan fingerprint density at radius 3 is 2.50 bits per heavy atom. The Bertz CT molecular complexity index is 851. The zero-order chi connectivity index (χ0) is 15.5. The van der Waals surface area contributed by atoms with Gasteiger partial charge in [-0.05, 0) is 19.1 Å². The lowest BCUT2D eigenvalue weighted by molar-refractivity contribution is -0.111. The van der Waals surface area contributed by atoms with E-state index in [-0.39, 0.29) is 5.71 Å². The summed E-state index contributed by atoms with van der Waals surface area (Å²) in [4.78, 5) is 12.4. The van der Waals surface area contributed by atoms with Crippen LogP contribution in [0, 0.1) is 6.92 Å². The minimum absolute atomic E-state index is 0.0298. The first-order valence-corrected chi connectivity index (χ1v) is 6.86. The van der Waals surface area contributed by atoms with Gasteiger partial charge in [-0.15, -0.1) is 0 Å². The standard InChI is InChI=1S/C17H15N3O2/c1-12-11-14-9-5-6-10-15(14)20(12)18-17(21)16(19-22)13-7-3-2-4-8-13/h2-11,22H,1H3,(H,18,21)/b19-16+. The molecule has 0 fully saturated rings. The van der Waals surface area contributed by atoms with E-state index in [0.29, 0.717) is 5.56 Å². The smallest absolute Gasteiger partial charge is 0.292 e. The number of amides is 1. The summed E-state index contributed by atoms with van der Waals surface area (Å²) in [6.07, 6.45) is 0. The Balaban J connectivity index is 1.95. The van der Waals surface area contributed by atoms with Crippen LogP contribution in [0.25, 0.3) is 10.9 Å². The molecule has 0 saturated heterocycles. The van der Waals surface area contributed by atoms with Crippen molar-refractivity contribution in [3.05, 3.63) is 71.9 Å². The predicted octanol–water partition coefficient (Wildman–Crippen LogP) is 2.90. The van der Waals surface area contributed by atoms with Crippen LogP contribution < -0.4 is 5.43 Å². The number of rotatable bonds is 3. The summed E-state index contributed by atoms with van der Waals surface area (Å²) in [7, 11) is 0. The van der Waals surface area contributed by atoms with Crippen molar-refractivity contribution in [2.75, 3.05) is 5.43 Å². The normalized spacial score (nSPS) is 11.6. The summed E-state index contributed by atoms with van der Waals surface area (Å²) >= 11 is 0. The molecule has 2 N–H and O–H groups in total. The van der Waals surface area contributed by atoms with Crippen LogP contribution in [0.15, 0.2) is 65.8 Å². The number of benzene rings is 2. The first-order valence-electron chi connectivity index (χ1n) is 6.86. The number of carbonyl (C=O) groups excluding carboxylic acids is 1. The van der Waals surface area contributed by atoms with Gasteiger partial charge in [-0.1, -0.05) is 53.7 Å². The van der Waals surface area contributed by atoms with Crippen molar-refractivity contribution in [3.63, 3.8) is 0 Å². The third-order valence-electron chi connectivity index (χ3n) is 3.47. The highest BCUT2D eigenvalue weighted by molar-refractivity contribution is 6.47. The molecule has 0 spiro atoms. The monoisotopic (exact) mass is 293 g/mol. The maximum Gasteiger partial charge on any atom is 0.292 e. The van der Waals surface area contributed by atoms with Crippen LogP contribution in [0.3, 0.4) is 0 Å². The van der Waals surface area contributed by atoms with E-state index in [2.05, 4.69) is 10.6 Å². The maximum absolute atomic E-state index is 12.4. The molecule has 0 aliphatic heterocycles. The van der Waals surface area contributed by atoms with Crippen molar-refractivity contribution in [1.82, 2.24) is 4.68 Å². The quantitative estimate of drug-likeness (QED) is 0.443. The van der Waals surface area contributed by atoms with Crippen LogP contribution in [-0.2, 0) is 4.79 Å². The number of carbonyl (C=O) groups is 1. The van der Waals surface area contributed by atoms with Gasteiger partial charge in [0.2, 0.25) is 0 Å². The van der Waals surface area contributed by atoms with Crippen molar-refractivity contribution in [1.29, 1.82) is 0 Å². The summed E-state index contributed by atoms with van der Waals surface area (Å²) < 4.78 is 1.69. The molecule has 5 heteroatoms. The van der Waals surface area contributed by atoms with Crippen LogP contribution in [0.2, 0.25) is 0 Å². The number of oxime groups is 1. The molecule has 0 bridgehead atoms. The number of nitrogens with zero attached hydrogens (tertiary/aromatic N) is 2. The van der Waals surface area contributed by atoms with Crippen LogP contribution >= 0.6 is 0 Å². The van der Waals surface area contributed by atoms with Gasteiger partial charge in [0.1, 0.15) is 0 Å². The molecular weight excluding hydrogens is 278 g/mol. The van der Waals surface area contributed by atoms with E-state index >= 15 is 0 Å². The van der Waals surface area contributed by atoms with Crippen molar-refractivity contribution in [2.24, 2.45) is 5.16 Å². The Morgan fingerprint density at radius 2 is 1.77 bits per heavy atom. The highest BCUT2D eigenvalue weighted by Gasteiger charge is 2.16. The Hall–Kier alpha value is -3.08. The third-order valence-corrected chi connectivity index (χ3v) is 3.47. The molecule has 1 heterocycles. The van der Waals surface area contributed by atoms with Crippen molar-refractivity contribution >= 4 is 22.5 Å². The van der Waals surface area contributed by atoms with Crippen molar-refractivity contribution < 1.29 is 10.0 Å².